The molecule has 56 valence electrons. The molecule has 1 aromatic heterocycles. The average molecular weight is 231 g/mol. The van der Waals surface area contributed by atoms with Crippen LogP contribution in [0.25, 0.3) is 0 Å². The highest BCUT2D eigenvalue weighted by atomic mass is 79.9. The van der Waals surface area contributed by atoms with Gasteiger partial charge in [0.25, 0.3) is 0 Å². The van der Waals surface area contributed by atoms with Crippen molar-refractivity contribution in [3.63, 3.8) is 0 Å². The summed E-state index contributed by atoms with van der Waals surface area (Å²) in [5.41, 5.74) is -0.593. The van der Waals surface area contributed by atoms with Crippen LogP contribution in [0.5, 0.6) is 0 Å². The summed E-state index contributed by atoms with van der Waals surface area (Å²) in [5, 5.41) is 1.07. The Kier molecular flexibility index (Phi) is 2.05. The summed E-state index contributed by atoms with van der Waals surface area (Å²) >= 11 is 3.97. The van der Waals surface area contributed by atoms with Crippen molar-refractivity contribution in [1.82, 2.24) is 0 Å². The molecule has 1 heterocycles. The first-order chi connectivity index (χ1) is 4.50. The predicted molar refractivity (Wildman–Crippen MR) is 37.0 cm³/mol. The molecular weight excluding hydrogens is 229 g/mol. The van der Waals surface area contributed by atoms with Crippen molar-refractivity contribution in [2.45, 2.75) is 6.18 Å². The van der Waals surface area contributed by atoms with E-state index in [1.807, 2.05) is 0 Å². The van der Waals surface area contributed by atoms with Crippen molar-refractivity contribution < 1.29 is 13.2 Å². The number of thiophene rings is 1. The van der Waals surface area contributed by atoms with E-state index in [4.69, 9.17) is 0 Å². The third-order valence-electron chi connectivity index (χ3n) is 0.895. The van der Waals surface area contributed by atoms with Crippen LogP contribution in [-0.2, 0) is 6.18 Å². The van der Waals surface area contributed by atoms with Gasteiger partial charge in [0.05, 0.1) is 9.35 Å². The third-order valence-corrected chi connectivity index (χ3v) is 2.40. The highest BCUT2D eigenvalue weighted by Crippen LogP contribution is 2.34. The van der Waals surface area contributed by atoms with Crippen LogP contribution >= 0.6 is 27.3 Å². The van der Waals surface area contributed by atoms with Gasteiger partial charge in [0.1, 0.15) is 0 Å². The van der Waals surface area contributed by atoms with Gasteiger partial charge in [0, 0.05) is 5.38 Å². The average Bonchev–Trinajstić information content (AvgIpc) is 2.11. The molecule has 0 nitrogen and oxygen atoms in total. The normalized spacial score (nSPS) is 12.0. The fourth-order valence-corrected chi connectivity index (χ4v) is 1.62. The molecule has 0 saturated heterocycles. The van der Waals surface area contributed by atoms with E-state index in [0.29, 0.717) is 3.79 Å². The lowest BCUT2D eigenvalue weighted by Gasteiger charge is -2.00. The maximum atomic E-state index is 11.8. The number of rotatable bonds is 0. The van der Waals surface area contributed by atoms with E-state index in [1.54, 1.807) is 0 Å². The van der Waals surface area contributed by atoms with Gasteiger partial charge in [0.2, 0.25) is 0 Å². The maximum absolute atomic E-state index is 11.8. The van der Waals surface area contributed by atoms with Crippen LogP contribution in [0, 0.1) is 0 Å². The molecule has 0 fully saturated rings. The lowest BCUT2D eigenvalue weighted by atomic mass is 10.3. The van der Waals surface area contributed by atoms with E-state index in [1.165, 1.54) is 0 Å². The highest BCUT2D eigenvalue weighted by molar-refractivity contribution is 9.11. The lowest BCUT2D eigenvalue weighted by Crippen LogP contribution is -2.01. The molecule has 0 aliphatic carbocycles. The topological polar surface area (TPSA) is 0 Å². The highest BCUT2D eigenvalue weighted by Gasteiger charge is 2.31. The molecule has 0 saturated carbocycles. The third kappa shape index (κ3) is 1.73. The van der Waals surface area contributed by atoms with Gasteiger partial charge < -0.3 is 0 Å². The van der Waals surface area contributed by atoms with Gasteiger partial charge in [0.15, 0.2) is 0 Å². The van der Waals surface area contributed by atoms with E-state index in [-0.39, 0.29) is 0 Å². The molecule has 0 bridgehead atoms. The van der Waals surface area contributed by atoms with Crippen LogP contribution < -0.4 is 0 Å². The Bertz CT molecular complexity index is 227. The lowest BCUT2D eigenvalue weighted by molar-refractivity contribution is -0.137. The summed E-state index contributed by atoms with van der Waals surface area (Å²) in [5.74, 6) is 0. The molecule has 5 heteroatoms. The van der Waals surface area contributed by atoms with E-state index >= 15 is 0 Å². The Morgan fingerprint density at radius 3 is 2.20 bits per heavy atom. The van der Waals surface area contributed by atoms with Crippen molar-refractivity contribution in [2.24, 2.45) is 0 Å². The first-order valence-electron chi connectivity index (χ1n) is 2.31. The Labute approximate surface area is 67.8 Å². The van der Waals surface area contributed by atoms with E-state index in [9.17, 15) is 13.2 Å². The molecule has 0 unspecified atom stereocenters. The van der Waals surface area contributed by atoms with Crippen LogP contribution in [0.1, 0.15) is 5.56 Å². The maximum Gasteiger partial charge on any atom is 0.417 e. The van der Waals surface area contributed by atoms with Crippen LogP contribution in [0.2, 0.25) is 0 Å². The Morgan fingerprint density at radius 1 is 1.40 bits per heavy atom. The minimum absolute atomic E-state index is 0.500. The van der Waals surface area contributed by atoms with Gasteiger partial charge in [-0.15, -0.1) is 11.3 Å². The molecule has 0 atom stereocenters. The van der Waals surface area contributed by atoms with Crippen molar-refractivity contribution in [3.05, 3.63) is 20.8 Å². The fraction of sp³-hybridized carbons (Fsp3) is 0.200. The van der Waals surface area contributed by atoms with E-state index in [0.717, 1.165) is 22.8 Å². The van der Waals surface area contributed by atoms with Gasteiger partial charge >= 0.3 is 6.18 Å². The van der Waals surface area contributed by atoms with Crippen molar-refractivity contribution in [3.8, 4) is 0 Å². The molecule has 10 heavy (non-hydrogen) atoms. The number of hydrogen-bond acceptors (Lipinski definition) is 1. The molecule has 0 radical (unpaired) electrons. The first-order valence-corrected chi connectivity index (χ1v) is 3.98. The minimum atomic E-state index is -4.21. The Morgan fingerprint density at radius 2 is 2.00 bits per heavy atom. The Balaban J connectivity index is 2.96. The second kappa shape index (κ2) is 2.54. The molecule has 1 aromatic rings. The predicted octanol–water partition coefficient (Wildman–Crippen LogP) is 3.53. The fourth-order valence-electron chi connectivity index (χ4n) is 0.459. The molecular formula is C5H2BrF3S. The summed E-state index contributed by atoms with van der Waals surface area (Å²) < 4.78 is 35.9. The standard InChI is InChI=1S/C5H2BrF3S/c6-4-1-3(2-10-4)5(7,8)9/h1-2H. The monoisotopic (exact) mass is 230 g/mol. The summed E-state index contributed by atoms with van der Waals surface area (Å²) in [4.78, 5) is 0. The molecule has 0 aliphatic heterocycles. The minimum Gasteiger partial charge on any atom is -0.166 e. The van der Waals surface area contributed by atoms with E-state index in [2.05, 4.69) is 15.9 Å². The molecule has 0 spiro atoms. The summed E-state index contributed by atoms with van der Waals surface area (Å²) in [6.07, 6.45) is -4.21. The zero-order chi connectivity index (χ0) is 7.78. The molecule has 1 rings (SSSR count). The second-order valence-corrected chi connectivity index (χ2v) is 3.93. The summed E-state index contributed by atoms with van der Waals surface area (Å²) in [7, 11) is 0. The van der Waals surface area contributed by atoms with Crippen LogP contribution in [0.15, 0.2) is 15.2 Å². The SMILES string of the molecule is FC(F)(F)c1csc(Br)c1. The van der Waals surface area contributed by atoms with Gasteiger partial charge in [-0.25, -0.2) is 0 Å². The zero-order valence-corrected chi connectivity index (χ0v) is 6.98. The van der Waals surface area contributed by atoms with Gasteiger partial charge in [-0.1, -0.05) is 0 Å². The first kappa shape index (κ1) is 8.07. The van der Waals surface area contributed by atoms with Crippen LogP contribution in [0.4, 0.5) is 13.2 Å². The van der Waals surface area contributed by atoms with Gasteiger partial charge in [-0.3, -0.25) is 0 Å². The quantitative estimate of drug-likeness (QED) is 0.640. The summed E-state index contributed by atoms with van der Waals surface area (Å²) in [6.45, 7) is 0. The Hall–Kier alpha value is -0.0300. The summed E-state index contributed by atoms with van der Waals surface area (Å²) in [6, 6.07) is 1.06. The second-order valence-electron chi connectivity index (χ2n) is 1.64. The molecule has 0 N–H and O–H groups in total. The van der Waals surface area contributed by atoms with Crippen molar-refractivity contribution >= 4 is 27.3 Å². The van der Waals surface area contributed by atoms with Crippen LogP contribution in [0.3, 0.4) is 0 Å². The zero-order valence-electron chi connectivity index (χ0n) is 4.57. The number of hydrogen-bond donors (Lipinski definition) is 0. The smallest absolute Gasteiger partial charge is 0.166 e. The van der Waals surface area contributed by atoms with E-state index < -0.39 is 11.7 Å². The van der Waals surface area contributed by atoms with Crippen molar-refractivity contribution in [2.75, 3.05) is 0 Å². The molecule has 0 amide bonds. The van der Waals surface area contributed by atoms with Crippen molar-refractivity contribution in [1.29, 1.82) is 0 Å². The van der Waals surface area contributed by atoms with Gasteiger partial charge in [-0.05, 0) is 22.0 Å². The molecule has 0 aliphatic rings. The number of alkyl halides is 3. The number of halogens is 4. The van der Waals surface area contributed by atoms with Gasteiger partial charge in [-0.2, -0.15) is 13.2 Å². The molecule has 0 aromatic carbocycles. The largest absolute Gasteiger partial charge is 0.417 e. The van der Waals surface area contributed by atoms with Crippen LogP contribution in [-0.4, -0.2) is 0 Å².